The molecular formula is C23H38O5. The van der Waals surface area contributed by atoms with Crippen LogP contribution in [0.15, 0.2) is 0 Å². The van der Waals surface area contributed by atoms with Crippen LogP contribution in [0.2, 0.25) is 0 Å². The molecule has 2 saturated carbocycles. The largest absolute Gasteiger partial charge is 0.463 e. The highest BCUT2D eigenvalue weighted by atomic mass is 16.6. The lowest BCUT2D eigenvalue weighted by atomic mass is 9.44. The minimum atomic E-state index is -1.62. The van der Waals surface area contributed by atoms with Gasteiger partial charge in [0, 0.05) is 0 Å². The molecule has 0 amide bonds. The molecule has 5 nitrogen and oxygen atoms in total. The Kier molecular flexibility index (Phi) is 5.63. The van der Waals surface area contributed by atoms with Gasteiger partial charge in [0.2, 0.25) is 0 Å². The third kappa shape index (κ3) is 3.18. The predicted molar refractivity (Wildman–Crippen MR) is 107 cm³/mol. The summed E-state index contributed by atoms with van der Waals surface area (Å²) >= 11 is 0. The van der Waals surface area contributed by atoms with Crippen molar-refractivity contribution in [1.29, 1.82) is 0 Å². The van der Waals surface area contributed by atoms with Gasteiger partial charge < -0.3 is 14.2 Å². The third-order valence-corrected chi connectivity index (χ3v) is 8.14. The zero-order valence-electron chi connectivity index (χ0n) is 18.6. The fraction of sp³-hybridized carbons (Fsp3) is 0.913. The average Bonchev–Trinajstić information content (AvgIpc) is 2.60. The SMILES string of the molecule is CCOC(=O)C1(C(=O)OCC)CC[C@@H]2[C@@]3(C)CCCC(C)(C)[C@@H]3CC[C@@]2(C)O1. The van der Waals surface area contributed by atoms with Crippen molar-refractivity contribution in [3.63, 3.8) is 0 Å². The van der Waals surface area contributed by atoms with Crippen LogP contribution in [0.5, 0.6) is 0 Å². The van der Waals surface area contributed by atoms with Gasteiger partial charge >= 0.3 is 11.9 Å². The summed E-state index contributed by atoms with van der Waals surface area (Å²) in [5.41, 5.74) is -1.64. The van der Waals surface area contributed by atoms with E-state index in [-0.39, 0.29) is 18.6 Å². The Morgan fingerprint density at radius 3 is 2.00 bits per heavy atom. The maximum absolute atomic E-state index is 12.9. The quantitative estimate of drug-likeness (QED) is 0.512. The molecule has 0 radical (unpaired) electrons. The first-order valence-corrected chi connectivity index (χ1v) is 11.1. The van der Waals surface area contributed by atoms with Crippen LogP contribution in [0.4, 0.5) is 0 Å². The van der Waals surface area contributed by atoms with E-state index < -0.39 is 23.1 Å². The maximum Gasteiger partial charge on any atom is 0.350 e. The number of hydrogen-bond donors (Lipinski definition) is 0. The van der Waals surface area contributed by atoms with Gasteiger partial charge in [-0.25, -0.2) is 9.59 Å². The fourth-order valence-electron chi connectivity index (χ4n) is 7.03. The molecule has 1 saturated heterocycles. The van der Waals surface area contributed by atoms with Gasteiger partial charge in [-0.1, -0.05) is 27.2 Å². The van der Waals surface area contributed by atoms with E-state index in [1.807, 2.05) is 0 Å². The molecule has 0 bridgehead atoms. The van der Waals surface area contributed by atoms with Gasteiger partial charge in [0.1, 0.15) is 0 Å². The van der Waals surface area contributed by atoms with Crippen molar-refractivity contribution in [2.24, 2.45) is 22.7 Å². The second-order valence-corrected chi connectivity index (χ2v) is 10.2. The molecule has 0 N–H and O–H groups in total. The first kappa shape index (κ1) is 21.6. The lowest BCUT2D eigenvalue weighted by molar-refractivity contribution is -0.271. The minimum Gasteiger partial charge on any atom is -0.463 e. The van der Waals surface area contributed by atoms with Gasteiger partial charge in [-0.2, -0.15) is 0 Å². The Balaban J connectivity index is 1.95. The molecule has 160 valence electrons. The summed E-state index contributed by atoms with van der Waals surface area (Å²) < 4.78 is 17.1. The zero-order valence-corrected chi connectivity index (χ0v) is 18.6. The van der Waals surface area contributed by atoms with Crippen molar-refractivity contribution in [3.05, 3.63) is 0 Å². The number of fused-ring (bicyclic) bond motifs is 3. The van der Waals surface area contributed by atoms with Crippen LogP contribution in [0.25, 0.3) is 0 Å². The maximum atomic E-state index is 12.9. The highest BCUT2D eigenvalue weighted by molar-refractivity contribution is 6.03. The van der Waals surface area contributed by atoms with E-state index in [1.165, 1.54) is 19.3 Å². The van der Waals surface area contributed by atoms with Gasteiger partial charge in [-0.05, 0) is 82.0 Å². The van der Waals surface area contributed by atoms with Gasteiger partial charge in [-0.3, -0.25) is 0 Å². The molecule has 3 rings (SSSR count). The van der Waals surface area contributed by atoms with Crippen molar-refractivity contribution in [3.8, 4) is 0 Å². The van der Waals surface area contributed by atoms with Crippen LogP contribution < -0.4 is 0 Å². The fourth-order valence-corrected chi connectivity index (χ4v) is 7.03. The normalized spacial score (nSPS) is 38.6. The van der Waals surface area contributed by atoms with E-state index >= 15 is 0 Å². The first-order chi connectivity index (χ1) is 13.1. The molecule has 4 atom stereocenters. The molecule has 0 aromatic rings. The summed E-state index contributed by atoms with van der Waals surface area (Å²) in [4.78, 5) is 25.7. The van der Waals surface area contributed by atoms with Crippen LogP contribution in [-0.2, 0) is 23.8 Å². The Morgan fingerprint density at radius 1 is 0.857 bits per heavy atom. The number of rotatable bonds is 4. The van der Waals surface area contributed by atoms with Crippen molar-refractivity contribution in [2.75, 3.05) is 13.2 Å². The van der Waals surface area contributed by atoms with Gasteiger partial charge in [0.25, 0.3) is 5.60 Å². The monoisotopic (exact) mass is 394 g/mol. The molecule has 3 aliphatic rings. The van der Waals surface area contributed by atoms with E-state index in [0.29, 0.717) is 23.7 Å². The Morgan fingerprint density at radius 2 is 1.43 bits per heavy atom. The zero-order chi connectivity index (χ0) is 20.8. The molecule has 1 heterocycles. The molecule has 5 heteroatoms. The van der Waals surface area contributed by atoms with Crippen molar-refractivity contribution in [1.82, 2.24) is 0 Å². The van der Waals surface area contributed by atoms with Crippen LogP contribution in [0.3, 0.4) is 0 Å². The molecule has 0 aromatic heterocycles. The third-order valence-electron chi connectivity index (χ3n) is 8.14. The standard InChI is InChI=1S/C23H38O5/c1-7-26-18(24)23(19(25)27-8-2)15-11-17-21(5)13-9-12-20(3,4)16(21)10-14-22(17,6)28-23/h16-17H,7-15H2,1-6H3/t16-,17+,21-,22+/m0/s1. The van der Waals surface area contributed by atoms with E-state index in [2.05, 4.69) is 27.7 Å². The number of ether oxygens (including phenoxy) is 3. The van der Waals surface area contributed by atoms with E-state index in [0.717, 1.165) is 19.3 Å². The summed E-state index contributed by atoms with van der Waals surface area (Å²) in [6.07, 6.45) is 6.75. The van der Waals surface area contributed by atoms with Crippen LogP contribution in [0.1, 0.15) is 86.5 Å². The molecule has 2 aliphatic carbocycles. The smallest absolute Gasteiger partial charge is 0.350 e. The van der Waals surface area contributed by atoms with Gasteiger partial charge in [0.05, 0.1) is 18.8 Å². The van der Waals surface area contributed by atoms with Crippen LogP contribution in [-0.4, -0.2) is 36.4 Å². The van der Waals surface area contributed by atoms with Crippen molar-refractivity contribution < 1.29 is 23.8 Å². The summed E-state index contributed by atoms with van der Waals surface area (Å²) in [6, 6.07) is 0. The minimum absolute atomic E-state index is 0.171. The lowest BCUT2D eigenvalue weighted by Gasteiger charge is -2.64. The highest BCUT2D eigenvalue weighted by Gasteiger charge is 2.66. The molecule has 0 spiro atoms. The van der Waals surface area contributed by atoms with Crippen LogP contribution in [0, 0.1) is 22.7 Å². The Bertz CT molecular complexity index is 608. The molecule has 0 aromatic carbocycles. The molecule has 3 fully saturated rings. The number of carbonyl (C=O) groups is 2. The number of hydrogen-bond acceptors (Lipinski definition) is 5. The molecule has 28 heavy (non-hydrogen) atoms. The van der Waals surface area contributed by atoms with Crippen LogP contribution >= 0.6 is 0 Å². The Hall–Kier alpha value is -1.10. The van der Waals surface area contributed by atoms with E-state index in [9.17, 15) is 9.59 Å². The highest BCUT2D eigenvalue weighted by Crippen LogP contribution is 2.65. The second-order valence-electron chi connectivity index (χ2n) is 10.2. The predicted octanol–water partition coefficient (Wildman–Crippen LogP) is 4.66. The Labute approximate surface area is 169 Å². The van der Waals surface area contributed by atoms with Crippen molar-refractivity contribution >= 4 is 11.9 Å². The molecular weight excluding hydrogens is 356 g/mol. The number of carbonyl (C=O) groups excluding carboxylic acids is 2. The van der Waals surface area contributed by atoms with Crippen molar-refractivity contribution in [2.45, 2.75) is 97.7 Å². The summed E-state index contributed by atoms with van der Waals surface area (Å²) in [7, 11) is 0. The van der Waals surface area contributed by atoms with E-state index in [1.54, 1.807) is 13.8 Å². The molecule has 1 aliphatic heterocycles. The van der Waals surface area contributed by atoms with Gasteiger partial charge in [0.15, 0.2) is 0 Å². The number of esters is 2. The second kappa shape index (κ2) is 7.30. The summed E-state index contributed by atoms with van der Waals surface area (Å²) in [6.45, 7) is 13.3. The summed E-state index contributed by atoms with van der Waals surface area (Å²) in [5, 5.41) is 0. The summed E-state index contributed by atoms with van der Waals surface area (Å²) in [5.74, 6) is -0.211. The average molecular weight is 395 g/mol. The lowest BCUT2D eigenvalue weighted by Crippen LogP contribution is -2.67. The first-order valence-electron chi connectivity index (χ1n) is 11.1. The van der Waals surface area contributed by atoms with E-state index in [4.69, 9.17) is 14.2 Å². The molecule has 0 unspecified atom stereocenters. The topological polar surface area (TPSA) is 61.8 Å². The van der Waals surface area contributed by atoms with Gasteiger partial charge in [-0.15, -0.1) is 0 Å².